The van der Waals surface area contributed by atoms with E-state index in [1.165, 1.54) is 25.7 Å². The van der Waals surface area contributed by atoms with Crippen LogP contribution >= 0.6 is 7.82 Å². The number of esters is 3. The molecule has 2 N–H and O–H groups in total. The van der Waals surface area contributed by atoms with Gasteiger partial charge in [0.25, 0.3) is 0 Å². The molecule has 0 heterocycles. The van der Waals surface area contributed by atoms with Crippen LogP contribution in [0.25, 0.3) is 0 Å². The van der Waals surface area contributed by atoms with Crippen LogP contribution in [-0.4, -0.2) is 66.5 Å². The van der Waals surface area contributed by atoms with Crippen LogP contribution in [-0.2, 0) is 42.2 Å². The highest BCUT2D eigenvalue weighted by Gasteiger charge is 2.28. The van der Waals surface area contributed by atoms with Gasteiger partial charge in [-0.15, -0.1) is 0 Å². The van der Waals surface area contributed by atoms with Gasteiger partial charge in [-0.05, 0) is 122 Å². The lowest BCUT2D eigenvalue weighted by Crippen LogP contribution is -2.30. The molecule has 0 radical (unpaired) electrons. The van der Waals surface area contributed by atoms with Crippen molar-refractivity contribution in [3.8, 4) is 0 Å². The van der Waals surface area contributed by atoms with Gasteiger partial charge in [0, 0.05) is 19.3 Å². The average molecular weight is 1060 g/mol. The number of hydrogen-bond acceptors (Lipinski definition) is 10. The van der Waals surface area contributed by atoms with Gasteiger partial charge >= 0.3 is 25.7 Å². The molecule has 3 unspecified atom stereocenters. The number of ether oxygens (including phenoxy) is 3. The molecule has 0 aliphatic heterocycles. The van der Waals surface area contributed by atoms with Crippen LogP contribution in [0.3, 0.4) is 0 Å². The number of aliphatic hydroxyl groups is 1. The maximum Gasteiger partial charge on any atom is 0.472 e. The van der Waals surface area contributed by atoms with Crippen molar-refractivity contribution >= 4 is 25.7 Å². The minimum Gasteiger partial charge on any atom is -0.462 e. The normalized spacial score (nSPS) is 14.2. The molecule has 0 fully saturated rings. The van der Waals surface area contributed by atoms with E-state index >= 15 is 0 Å². The third kappa shape index (κ3) is 53.0. The molecule has 0 amide bonds. The molecule has 422 valence electrons. The van der Waals surface area contributed by atoms with Crippen LogP contribution < -0.4 is 0 Å². The number of allylic oxidation sites excluding steroid dienone is 18. The van der Waals surface area contributed by atoms with E-state index in [1.807, 2.05) is 0 Å². The zero-order chi connectivity index (χ0) is 54.1. The molecule has 12 heteroatoms. The standard InChI is InChI=1S/C62H103O11P/c1-4-7-10-13-16-19-22-25-27-28-29-30-32-35-38-41-44-47-50-53-62(66)73-59(55-69-60(64)51-48-45-42-39-36-33-24-21-18-15-12-9-6-3)57-71-74(67,68)70-56-58(54-63)72-61(65)52-49-46-43-40-37-34-31-26-23-20-17-14-11-8-5-2/h7-8,10-11,16-17,19-21,24-27,29-31,37,40,58-59,63H,4-6,9,12-15,18,22-23,28,32-36,38-39,41-57H2,1-3H3,(H,67,68)/b10-7-,11-8-,19-16-,20-17-,24-21-,27-25-,30-29-,31-26-,40-37-. The topological polar surface area (TPSA) is 155 Å². The molecule has 0 aromatic rings. The SMILES string of the molecule is CC/C=C\C/C=C\C/C=C\C/C=C\CCCCCCCCC(=O)OC(COC(=O)CCCCCCC/C=C\CCCCCC)COP(=O)(O)OCC(CO)OC(=O)CCCC/C=C\C/C=C\C/C=C\C/C=C\CC. The second kappa shape index (κ2) is 55.4. The van der Waals surface area contributed by atoms with Gasteiger partial charge in [0.15, 0.2) is 6.10 Å². The van der Waals surface area contributed by atoms with Gasteiger partial charge in [-0.2, -0.15) is 0 Å². The Bertz CT molecular complexity index is 1660. The Labute approximate surface area is 450 Å². The zero-order valence-corrected chi connectivity index (χ0v) is 47.4. The molecular formula is C62H103O11P. The van der Waals surface area contributed by atoms with E-state index in [4.69, 9.17) is 23.3 Å². The van der Waals surface area contributed by atoms with E-state index in [0.29, 0.717) is 19.3 Å². The van der Waals surface area contributed by atoms with Crippen molar-refractivity contribution in [1.29, 1.82) is 0 Å². The zero-order valence-electron chi connectivity index (χ0n) is 46.5. The Morgan fingerprint density at radius 3 is 1.12 bits per heavy atom. The third-order valence-electron chi connectivity index (χ3n) is 11.7. The minimum atomic E-state index is -4.77. The highest BCUT2D eigenvalue weighted by molar-refractivity contribution is 7.47. The fraction of sp³-hybridized carbons (Fsp3) is 0.661. The van der Waals surface area contributed by atoms with Crippen LogP contribution in [0.4, 0.5) is 0 Å². The summed E-state index contributed by atoms with van der Waals surface area (Å²) in [7, 11) is -4.77. The van der Waals surface area contributed by atoms with Gasteiger partial charge in [0.2, 0.25) is 0 Å². The van der Waals surface area contributed by atoms with Gasteiger partial charge in [0.1, 0.15) is 12.7 Å². The minimum absolute atomic E-state index is 0.119. The molecular weight excluding hydrogens is 952 g/mol. The molecule has 0 bridgehead atoms. The predicted molar refractivity (Wildman–Crippen MR) is 307 cm³/mol. The summed E-state index contributed by atoms with van der Waals surface area (Å²) in [5.74, 6) is -1.54. The van der Waals surface area contributed by atoms with Crippen molar-refractivity contribution in [3.63, 3.8) is 0 Å². The van der Waals surface area contributed by atoms with Crippen molar-refractivity contribution in [1.82, 2.24) is 0 Å². The van der Waals surface area contributed by atoms with Crippen LogP contribution in [0.15, 0.2) is 109 Å². The predicted octanol–water partition coefficient (Wildman–Crippen LogP) is 17.0. The van der Waals surface area contributed by atoms with Gasteiger partial charge in [-0.3, -0.25) is 23.4 Å². The number of phosphoric acid groups is 1. The smallest absolute Gasteiger partial charge is 0.462 e. The van der Waals surface area contributed by atoms with Crippen LogP contribution in [0.1, 0.15) is 226 Å². The molecule has 0 rings (SSSR count). The first kappa shape index (κ1) is 70.1. The number of unbranched alkanes of at least 4 members (excludes halogenated alkanes) is 17. The fourth-order valence-electron chi connectivity index (χ4n) is 7.33. The Hall–Kier alpha value is -3.86. The number of carbonyl (C=O) groups is 3. The van der Waals surface area contributed by atoms with Crippen LogP contribution in [0.2, 0.25) is 0 Å². The van der Waals surface area contributed by atoms with E-state index < -0.39 is 57.8 Å². The van der Waals surface area contributed by atoms with Gasteiger partial charge in [-0.1, -0.05) is 194 Å². The van der Waals surface area contributed by atoms with Crippen molar-refractivity contribution in [2.24, 2.45) is 0 Å². The molecule has 0 aromatic heterocycles. The first-order valence-corrected chi connectivity index (χ1v) is 30.3. The molecule has 0 saturated heterocycles. The summed E-state index contributed by atoms with van der Waals surface area (Å²) in [4.78, 5) is 48.5. The van der Waals surface area contributed by atoms with Gasteiger partial charge in [-0.25, -0.2) is 4.57 Å². The van der Waals surface area contributed by atoms with Crippen molar-refractivity contribution in [3.05, 3.63) is 109 Å². The van der Waals surface area contributed by atoms with Crippen molar-refractivity contribution < 1.29 is 52.2 Å². The highest BCUT2D eigenvalue weighted by Crippen LogP contribution is 2.43. The summed E-state index contributed by atoms with van der Waals surface area (Å²) < 4.78 is 39.5. The molecule has 0 aliphatic carbocycles. The number of hydrogen-bond donors (Lipinski definition) is 2. The first-order chi connectivity index (χ1) is 36.2. The number of rotatable bonds is 52. The molecule has 11 nitrogen and oxygen atoms in total. The Balaban J connectivity index is 4.80. The Morgan fingerprint density at radius 2 is 0.703 bits per heavy atom. The molecule has 0 aromatic carbocycles. The van der Waals surface area contributed by atoms with Gasteiger partial charge in [0.05, 0.1) is 19.8 Å². The Kier molecular flexibility index (Phi) is 52.5. The van der Waals surface area contributed by atoms with Crippen LogP contribution in [0.5, 0.6) is 0 Å². The number of carbonyl (C=O) groups excluding carboxylic acids is 3. The van der Waals surface area contributed by atoms with E-state index in [2.05, 4.69) is 130 Å². The summed E-state index contributed by atoms with van der Waals surface area (Å²) in [6.45, 7) is 4.32. The highest BCUT2D eigenvalue weighted by atomic mass is 31.2. The number of aliphatic hydroxyl groups excluding tert-OH is 1. The lowest BCUT2D eigenvalue weighted by molar-refractivity contribution is -0.161. The lowest BCUT2D eigenvalue weighted by atomic mass is 10.1. The second-order valence-electron chi connectivity index (χ2n) is 18.7. The Morgan fingerprint density at radius 1 is 0.392 bits per heavy atom. The molecule has 0 aliphatic rings. The average Bonchev–Trinajstić information content (AvgIpc) is 3.39. The summed E-state index contributed by atoms with van der Waals surface area (Å²) >= 11 is 0. The van der Waals surface area contributed by atoms with E-state index in [1.54, 1.807) is 0 Å². The summed E-state index contributed by atoms with van der Waals surface area (Å²) in [5.41, 5.74) is 0. The molecule has 0 saturated carbocycles. The largest absolute Gasteiger partial charge is 0.472 e. The van der Waals surface area contributed by atoms with E-state index in [0.717, 1.165) is 141 Å². The summed E-state index contributed by atoms with van der Waals surface area (Å²) in [5, 5.41) is 9.81. The van der Waals surface area contributed by atoms with Gasteiger partial charge < -0.3 is 24.2 Å². The van der Waals surface area contributed by atoms with E-state index in [9.17, 15) is 28.9 Å². The molecule has 0 spiro atoms. The first-order valence-electron chi connectivity index (χ1n) is 28.8. The number of phosphoric ester groups is 1. The van der Waals surface area contributed by atoms with Crippen molar-refractivity contribution in [2.75, 3.05) is 26.4 Å². The third-order valence-corrected chi connectivity index (χ3v) is 12.6. The summed E-state index contributed by atoms with van der Waals surface area (Å²) in [6, 6.07) is 0. The molecule has 3 atom stereocenters. The molecule has 74 heavy (non-hydrogen) atoms. The monoisotopic (exact) mass is 1050 g/mol. The maximum absolute atomic E-state index is 12.9. The second-order valence-corrected chi connectivity index (χ2v) is 20.1. The van der Waals surface area contributed by atoms with E-state index in [-0.39, 0.29) is 25.9 Å². The summed E-state index contributed by atoms with van der Waals surface area (Å²) in [6.07, 6.45) is 66.2. The maximum atomic E-state index is 12.9. The van der Waals surface area contributed by atoms with Crippen LogP contribution in [0, 0.1) is 0 Å². The van der Waals surface area contributed by atoms with Crippen molar-refractivity contribution in [2.45, 2.75) is 238 Å². The quantitative estimate of drug-likeness (QED) is 0.0197. The lowest BCUT2D eigenvalue weighted by Gasteiger charge is -2.21. The fourth-order valence-corrected chi connectivity index (χ4v) is 8.12.